The molecule has 57 heavy (non-hydrogen) atoms. The standard InChI is InChI=1S/C51H31N3OS2/c1-2-11-30(12-3-1)31-21-23-32(24-22-31)49-52-50(39-17-10-16-37-35-13-5-9-20-45(35)57-48(37)39)54-51(53-49)41-28-34(29-43-47(41)38-15-4-7-18-42(38)55-43)33-25-26-46-40(27-33)36-14-6-8-19-44(36)56-46/h1-6,8-17,19-29H,7,18H2. The fourth-order valence-corrected chi connectivity index (χ4v) is 10.7. The van der Waals surface area contributed by atoms with Gasteiger partial charge in [-0.25, -0.2) is 15.0 Å². The molecule has 12 rings (SSSR count). The Labute approximate surface area is 336 Å². The smallest absolute Gasteiger partial charge is 0.165 e. The molecule has 1 aliphatic rings. The van der Waals surface area contributed by atoms with Gasteiger partial charge < -0.3 is 4.42 Å². The van der Waals surface area contributed by atoms with Crippen LogP contribution in [0.2, 0.25) is 0 Å². The number of nitrogens with zero attached hydrogens (tertiary/aromatic N) is 3. The van der Waals surface area contributed by atoms with Gasteiger partial charge in [-0.15, -0.1) is 22.7 Å². The molecule has 0 radical (unpaired) electrons. The van der Waals surface area contributed by atoms with Gasteiger partial charge in [0.1, 0.15) is 11.3 Å². The van der Waals surface area contributed by atoms with Crippen molar-refractivity contribution in [1.82, 2.24) is 15.0 Å². The molecular formula is C51H31N3OS2. The highest BCUT2D eigenvalue weighted by atomic mass is 32.1. The molecule has 0 saturated carbocycles. The molecule has 268 valence electrons. The van der Waals surface area contributed by atoms with Crippen molar-refractivity contribution in [3.8, 4) is 56.4 Å². The largest absolute Gasteiger partial charge is 0.460 e. The van der Waals surface area contributed by atoms with E-state index in [1.807, 2.05) is 17.4 Å². The summed E-state index contributed by atoms with van der Waals surface area (Å²) in [6.07, 6.45) is 6.26. The van der Waals surface area contributed by atoms with Crippen LogP contribution in [-0.4, -0.2) is 15.0 Å². The Morgan fingerprint density at radius 1 is 0.456 bits per heavy atom. The highest BCUT2D eigenvalue weighted by Gasteiger charge is 2.24. The lowest BCUT2D eigenvalue weighted by molar-refractivity contribution is 0.546. The van der Waals surface area contributed by atoms with Crippen LogP contribution >= 0.6 is 22.7 Å². The second kappa shape index (κ2) is 12.9. The molecule has 0 fully saturated rings. The van der Waals surface area contributed by atoms with Crippen LogP contribution in [0.4, 0.5) is 0 Å². The fraction of sp³-hybridized carbons (Fsp3) is 0.0392. The quantitative estimate of drug-likeness (QED) is 0.175. The van der Waals surface area contributed by atoms with E-state index in [0.29, 0.717) is 17.5 Å². The number of hydrogen-bond donors (Lipinski definition) is 0. The molecule has 0 atom stereocenters. The third kappa shape index (κ3) is 5.36. The summed E-state index contributed by atoms with van der Waals surface area (Å²) in [6.45, 7) is 0. The van der Waals surface area contributed by atoms with E-state index in [-0.39, 0.29) is 0 Å². The van der Waals surface area contributed by atoms with Gasteiger partial charge >= 0.3 is 0 Å². The first-order valence-electron chi connectivity index (χ1n) is 19.2. The normalized spacial score (nSPS) is 12.7. The first-order valence-corrected chi connectivity index (χ1v) is 20.9. The Balaban J connectivity index is 1.11. The topological polar surface area (TPSA) is 51.8 Å². The number of allylic oxidation sites excluding steroid dienone is 1. The van der Waals surface area contributed by atoms with E-state index in [4.69, 9.17) is 19.4 Å². The first kappa shape index (κ1) is 32.5. The summed E-state index contributed by atoms with van der Waals surface area (Å²) >= 11 is 3.62. The van der Waals surface area contributed by atoms with Gasteiger partial charge in [0.2, 0.25) is 0 Å². The predicted molar refractivity (Wildman–Crippen MR) is 240 cm³/mol. The van der Waals surface area contributed by atoms with Gasteiger partial charge in [-0.05, 0) is 71.1 Å². The molecule has 4 nitrogen and oxygen atoms in total. The van der Waals surface area contributed by atoms with Gasteiger partial charge in [0.15, 0.2) is 17.5 Å². The van der Waals surface area contributed by atoms with E-state index in [9.17, 15) is 0 Å². The van der Waals surface area contributed by atoms with Crippen molar-refractivity contribution in [1.29, 1.82) is 0 Å². The van der Waals surface area contributed by atoms with Crippen LogP contribution in [0.5, 0.6) is 0 Å². The van der Waals surface area contributed by atoms with Crippen molar-refractivity contribution >= 4 is 80.1 Å². The second-order valence-corrected chi connectivity index (χ2v) is 16.8. The number of rotatable bonds is 5. The number of hydrogen-bond acceptors (Lipinski definition) is 6. The molecule has 1 aliphatic carbocycles. The molecular weight excluding hydrogens is 735 g/mol. The summed E-state index contributed by atoms with van der Waals surface area (Å²) in [4.78, 5) is 16.0. The van der Waals surface area contributed by atoms with Crippen molar-refractivity contribution < 1.29 is 4.42 Å². The first-order chi connectivity index (χ1) is 28.2. The minimum Gasteiger partial charge on any atom is -0.460 e. The molecule has 0 aliphatic heterocycles. The van der Waals surface area contributed by atoms with Gasteiger partial charge in [-0.2, -0.15) is 0 Å². The van der Waals surface area contributed by atoms with Crippen molar-refractivity contribution in [3.05, 3.63) is 169 Å². The predicted octanol–water partition coefficient (Wildman–Crippen LogP) is 14.6. The Morgan fingerprint density at radius 2 is 1.11 bits per heavy atom. The van der Waals surface area contributed by atoms with Crippen LogP contribution in [0.25, 0.3) is 114 Å². The van der Waals surface area contributed by atoms with E-state index in [2.05, 4.69) is 158 Å². The monoisotopic (exact) mass is 765 g/mol. The minimum atomic E-state index is 0.622. The van der Waals surface area contributed by atoms with Crippen LogP contribution in [-0.2, 0) is 6.42 Å². The molecule has 0 amide bonds. The van der Waals surface area contributed by atoms with Crippen LogP contribution in [0.1, 0.15) is 17.7 Å². The molecule has 11 aromatic rings. The lowest BCUT2D eigenvalue weighted by atomic mass is 9.94. The summed E-state index contributed by atoms with van der Waals surface area (Å²) in [5, 5.41) is 6.02. The van der Waals surface area contributed by atoms with Crippen molar-refractivity contribution in [2.24, 2.45) is 0 Å². The van der Waals surface area contributed by atoms with Crippen molar-refractivity contribution in [2.45, 2.75) is 12.8 Å². The summed E-state index contributed by atoms with van der Waals surface area (Å²) in [7, 11) is 0. The number of benzene rings is 7. The summed E-state index contributed by atoms with van der Waals surface area (Å²) < 4.78 is 11.7. The molecule has 4 heterocycles. The van der Waals surface area contributed by atoms with E-state index >= 15 is 0 Å². The van der Waals surface area contributed by atoms with Gasteiger partial charge in [0.05, 0.1) is 0 Å². The number of furan rings is 1. The van der Waals surface area contributed by atoms with Crippen molar-refractivity contribution in [2.75, 3.05) is 0 Å². The average molecular weight is 766 g/mol. The zero-order chi connectivity index (χ0) is 37.5. The maximum Gasteiger partial charge on any atom is 0.165 e. The average Bonchev–Trinajstić information content (AvgIpc) is 3.97. The van der Waals surface area contributed by atoms with Gasteiger partial charge in [0, 0.05) is 74.4 Å². The maximum atomic E-state index is 6.72. The SMILES string of the molecule is C1=Cc2c(oc3cc(-c4ccc5sc6ccccc6c5c4)cc(-c4nc(-c5ccc(-c6ccccc6)cc5)nc(-c5cccc6c5sc5ccccc56)n4)c23)CC1. The zero-order valence-corrected chi connectivity index (χ0v) is 32.2. The molecule has 6 heteroatoms. The van der Waals surface area contributed by atoms with Crippen LogP contribution in [0.15, 0.2) is 162 Å². The number of fused-ring (bicyclic) bond motifs is 9. The highest BCUT2D eigenvalue weighted by Crippen LogP contribution is 2.44. The number of thiophene rings is 2. The third-order valence-corrected chi connectivity index (χ3v) is 13.6. The Hall–Kier alpha value is -6.73. The molecule has 0 bridgehead atoms. The van der Waals surface area contributed by atoms with Crippen molar-refractivity contribution in [3.63, 3.8) is 0 Å². The van der Waals surface area contributed by atoms with E-state index < -0.39 is 0 Å². The molecule has 0 unspecified atom stereocenters. The second-order valence-electron chi connectivity index (χ2n) is 14.6. The number of aromatic nitrogens is 3. The molecule has 0 spiro atoms. The van der Waals surface area contributed by atoms with E-state index in [1.165, 1.54) is 45.9 Å². The molecule has 0 N–H and O–H groups in total. The minimum absolute atomic E-state index is 0.622. The summed E-state index contributed by atoms with van der Waals surface area (Å²) in [5.41, 5.74) is 9.32. The number of aryl methyl sites for hydroxylation is 1. The van der Waals surface area contributed by atoms with Crippen LogP contribution in [0.3, 0.4) is 0 Å². The van der Waals surface area contributed by atoms with Gasteiger partial charge in [0.25, 0.3) is 0 Å². The van der Waals surface area contributed by atoms with Gasteiger partial charge in [-0.3, -0.25) is 0 Å². The van der Waals surface area contributed by atoms with Crippen LogP contribution in [0, 0.1) is 0 Å². The Bertz CT molecular complexity index is 3410. The lowest BCUT2D eigenvalue weighted by Gasteiger charge is -2.12. The fourth-order valence-electron chi connectivity index (χ4n) is 8.44. The van der Waals surface area contributed by atoms with E-state index in [1.54, 1.807) is 11.3 Å². The van der Waals surface area contributed by atoms with Crippen LogP contribution < -0.4 is 0 Å². The highest BCUT2D eigenvalue weighted by molar-refractivity contribution is 7.26. The lowest BCUT2D eigenvalue weighted by Crippen LogP contribution is -2.01. The summed E-state index contributed by atoms with van der Waals surface area (Å²) in [5.74, 6) is 2.91. The molecule has 4 aromatic heterocycles. The molecule has 7 aromatic carbocycles. The Kier molecular flexibility index (Phi) is 7.37. The maximum absolute atomic E-state index is 6.72. The summed E-state index contributed by atoms with van der Waals surface area (Å²) in [6, 6.07) is 54.0. The third-order valence-electron chi connectivity index (χ3n) is 11.2. The Morgan fingerprint density at radius 3 is 1.95 bits per heavy atom. The van der Waals surface area contributed by atoms with E-state index in [0.717, 1.165) is 68.5 Å². The zero-order valence-electron chi connectivity index (χ0n) is 30.6. The van der Waals surface area contributed by atoms with Gasteiger partial charge in [-0.1, -0.05) is 121 Å². The molecule has 0 saturated heterocycles.